The molecule has 2 N–H and O–H groups in total. The average molecular weight is 232 g/mol. The van der Waals surface area contributed by atoms with Crippen LogP contribution in [0.3, 0.4) is 0 Å². The number of fused-ring (bicyclic) bond motifs is 1. The van der Waals surface area contributed by atoms with E-state index in [1.807, 2.05) is 12.4 Å². The van der Waals surface area contributed by atoms with Crippen molar-refractivity contribution in [2.45, 2.75) is 44.7 Å². The van der Waals surface area contributed by atoms with Gasteiger partial charge in [-0.05, 0) is 31.6 Å². The Kier molecular flexibility index (Phi) is 2.97. The minimum Gasteiger partial charge on any atom is -0.338 e. The van der Waals surface area contributed by atoms with Gasteiger partial charge in [-0.1, -0.05) is 6.42 Å². The summed E-state index contributed by atoms with van der Waals surface area (Å²) >= 11 is 0. The minimum absolute atomic E-state index is 0.520. The van der Waals surface area contributed by atoms with Crippen molar-refractivity contribution < 1.29 is 0 Å². The molecule has 1 saturated carbocycles. The minimum atomic E-state index is 0.520. The van der Waals surface area contributed by atoms with Gasteiger partial charge in [-0.2, -0.15) is 0 Å². The number of nitrogens with two attached hydrogens (primary N) is 1. The number of hydrogen-bond donors (Lipinski definition) is 1. The third-order valence-electron chi connectivity index (χ3n) is 4.18. The molecule has 0 radical (unpaired) electrons. The summed E-state index contributed by atoms with van der Waals surface area (Å²) in [5.74, 6) is 1.78. The van der Waals surface area contributed by atoms with Gasteiger partial charge in [0.25, 0.3) is 0 Å². The van der Waals surface area contributed by atoms with Crippen molar-refractivity contribution in [1.82, 2.24) is 9.97 Å². The summed E-state index contributed by atoms with van der Waals surface area (Å²) in [7, 11) is 0. The molecule has 1 aliphatic carbocycles. The third kappa shape index (κ3) is 2.02. The Labute approximate surface area is 102 Å². The van der Waals surface area contributed by atoms with E-state index in [9.17, 15) is 0 Å². The SMILES string of the molecule is NCc1cnc(N2CCCC3CCCC32)nc1. The maximum atomic E-state index is 5.57. The van der Waals surface area contributed by atoms with E-state index in [1.54, 1.807) is 0 Å². The Morgan fingerprint density at radius 3 is 2.71 bits per heavy atom. The van der Waals surface area contributed by atoms with E-state index in [0.717, 1.165) is 24.0 Å². The molecule has 17 heavy (non-hydrogen) atoms. The molecule has 1 aliphatic heterocycles. The Bertz CT molecular complexity index is 376. The number of anilines is 1. The Morgan fingerprint density at radius 1 is 1.18 bits per heavy atom. The van der Waals surface area contributed by atoms with Crippen molar-refractivity contribution in [3.05, 3.63) is 18.0 Å². The van der Waals surface area contributed by atoms with Gasteiger partial charge in [0.2, 0.25) is 5.95 Å². The number of piperidine rings is 1. The highest BCUT2D eigenvalue weighted by molar-refractivity contribution is 5.33. The summed E-state index contributed by atoms with van der Waals surface area (Å²) in [6, 6.07) is 0.687. The Balaban J connectivity index is 1.81. The Morgan fingerprint density at radius 2 is 1.94 bits per heavy atom. The second-order valence-electron chi connectivity index (χ2n) is 5.19. The Hall–Kier alpha value is -1.16. The van der Waals surface area contributed by atoms with Gasteiger partial charge in [0, 0.05) is 37.1 Å². The lowest BCUT2D eigenvalue weighted by atomic mass is 9.92. The average Bonchev–Trinajstić information content (AvgIpc) is 2.87. The van der Waals surface area contributed by atoms with Gasteiger partial charge in [-0.15, -0.1) is 0 Å². The molecule has 4 nitrogen and oxygen atoms in total. The van der Waals surface area contributed by atoms with Crippen LogP contribution >= 0.6 is 0 Å². The molecule has 2 atom stereocenters. The second kappa shape index (κ2) is 4.61. The molecule has 1 saturated heterocycles. The zero-order valence-electron chi connectivity index (χ0n) is 10.2. The fourth-order valence-electron chi connectivity index (χ4n) is 3.30. The zero-order valence-corrected chi connectivity index (χ0v) is 10.2. The summed E-state index contributed by atoms with van der Waals surface area (Å²) in [6.45, 7) is 1.63. The molecule has 0 bridgehead atoms. The van der Waals surface area contributed by atoms with E-state index in [2.05, 4.69) is 14.9 Å². The quantitative estimate of drug-likeness (QED) is 0.843. The molecule has 2 unspecified atom stereocenters. The van der Waals surface area contributed by atoms with Crippen LogP contribution in [0.15, 0.2) is 12.4 Å². The van der Waals surface area contributed by atoms with E-state index >= 15 is 0 Å². The molecule has 2 fully saturated rings. The van der Waals surface area contributed by atoms with Crippen LogP contribution in [0.25, 0.3) is 0 Å². The fraction of sp³-hybridized carbons (Fsp3) is 0.692. The van der Waals surface area contributed by atoms with Crippen molar-refractivity contribution in [1.29, 1.82) is 0 Å². The van der Waals surface area contributed by atoms with Gasteiger partial charge in [0.05, 0.1) is 0 Å². The third-order valence-corrected chi connectivity index (χ3v) is 4.18. The first-order valence-electron chi connectivity index (χ1n) is 6.66. The molecule has 92 valence electrons. The lowest BCUT2D eigenvalue weighted by Gasteiger charge is -2.37. The van der Waals surface area contributed by atoms with Gasteiger partial charge in [-0.3, -0.25) is 0 Å². The predicted molar refractivity (Wildman–Crippen MR) is 67.6 cm³/mol. The van der Waals surface area contributed by atoms with E-state index in [1.165, 1.54) is 32.1 Å². The van der Waals surface area contributed by atoms with E-state index in [-0.39, 0.29) is 0 Å². The maximum Gasteiger partial charge on any atom is 0.225 e. The predicted octanol–water partition coefficient (Wildman–Crippen LogP) is 1.70. The van der Waals surface area contributed by atoms with E-state index < -0.39 is 0 Å². The number of hydrogen-bond acceptors (Lipinski definition) is 4. The number of rotatable bonds is 2. The van der Waals surface area contributed by atoms with Gasteiger partial charge in [-0.25, -0.2) is 9.97 Å². The number of aromatic nitrogens is 2. The molecule has 0 amide bonds. The standard InChI is InChI=1S/C13H20N4/c14-7-10-8-15-13(16-9-10)17-6-2-4-11-3-1-5-12(11)17/h8-9,11-12H,1-7,14H2. The second-order valence-corrected chi connectivity index (χ2v) is 5.19. The van der Waals surface area contributed by atoms with E-state index in [4.69, 9.17) is 5.73 Å². The van der Waals surface area contributed by atoms with Gasteiger partial charge < -0.3 is 10.6 Å². The van der Waals surface area contributed by atoms with Crippen molar-refractivity contribution >= 4 is 5.95 Å². The van der Waals surface area contributed by atoms with E-state index in [0.29, 0.717) is 12.6 Å². The molecule has 0 spiro atoms. The largest absolute Gasteiger partial charge is 0.338 e. The molecular formula is C13H20N4. The molecule has 2 aliphatic rings. The maximum absolute atomic E-state index is 5.57. The normalized spacial score (nSPS) is 28.2. The van der Waals surface area contributed by atoms with Crippen LogP contribution in [0.2, 0.25) is 0 Å². The molecule has 1 aromatic heterocycles. The first-order valence-corrected chi connectivity index (χ1v) is 6.66. The first kappa shape index (κ1) is 11.0. The van der Waals surface area contributed by atoms with Gasteiger partial charge in [0.15, 0.2) is 0 Å². The molecule has 3 rings (SSSR count). The molecule has 2 heterocycles. The number of nitrogens with zero attached hydrogens (tertiary/aromatic N) is 3. The highest BCUT2D eigenvalue weighted by Crippen LogP contribution is 2.37. The fourth-order valence-corrected chi connectivity index (χ4v) is 3.30. The summed E-state index contributed by atoms with van der Waals surface area (Å²) in [4.78, 5) is 11.4. The first-order chi connectivity index (χ1) is 8.38. The lowest BCUT2D eigenvalue weighted by Crippen LogP contribution is -2.43. The molecule has 4 heteroatoms. The molecule has 1 aromatic rings. The highest BCUT2D eigenvalue weighted by Gasteiger charge is 2.35. The summed E-state index contributed by atoms with van der Waals surface area (Å²) < 4.78 is 0. The molecular weight excluding hydrogens is 212 g/mol. The van der Waals surface area contributed by atoms with Crippen molar-refractivity contribution in [2.24, 2.45) is 11.7 Å². The van der Waals surface area contributed by atoms with Gasteiger partial charge in [0.1, 0.15) is 0 Å². The summed E-state index contributed by atoms with van der Waals surface area (Å²) in [5.41, 5.74) is 6.58. The van der Waals surface area contributed by atoms with Crippen molar-refractivity contribution in [3.63, 3.8) is 0 Å². The topological polar surface area (TPSA) is 55.0 Å². The smallest absolute Gasteiger partial charge is 0.225 e. The van der Waals surface area contributed by atoms with Crippen LogP contribution < -0.4 is 10.6 Å². The van der Waals surface area contributed by atoms with Crippen LogP contribution in [0.5, 0.6) is 0 Å². The lowest BCUT2D eigenvalue weighted by molar-refractivity contribution is 0.358. The zero-order chi connectivity index (χ0) is 11.7. The van der Waals surface area contributed by atoms with Crippen LogP contribution in [-0.4, -0.2) is 22.6 Å². The van der Waals surface area contributed by atoms with Crippen molar-refractivity contribution in [3.8, 4) is 0 Å². The van der Waals surface area contributed by atoms with Gasteiger partial charge >= 0.3 is 0 Å². The van der Waals surface area contributed by atoms with Crippen molar-refractivity contribution in [2.75, 3.05) is 11.4 Å². The van der Waals surface area contributed by atoms with Crippen LogP contribution in [0.1, 0.15) is 37.7 Å². The summed E-state index contributed by atoms with van der Waals surface area (Å²) in [5, 5.41) is 0. The monoisotopic (exact) mass is 232 g/mol. The van der Waals surface area contributed by atoms with Crippen LogP contribution in [0.4, 0.5) is 5.95 Å². The molecule has 0 aromatic carbocycles. The highest BCUT2D eigenvalue weighted by atomic mass is 15.3. The van der Waals surface area contributed by atoms with Crippen LogP contribution in [-0.2, 0) is 6.54 Å². The van der Waals surface area contributed by atoms with Crippen LogP contribution in [0, 0.1) is 5.92 Å². The summed E-state index contributed by atoms with van der Waals surface area (Å²) in [6.07, 6.45) is 10.5.